The van der Waals surface area contributed by atoms with Gasteiger partial charge in [0.15, 0.2) is 5.82 Å². The smallest absolute Gasteiger partial charge is 0.271 e. The van der Waals surface area contributed by atoms with Gasteiger partial charge in [0.05, 0.1) is 21.7 Å². The number of aryl methyl sites for hydroxylation is 3. The number of aromatic nitrogens is 5. The summed E-state index contributed by atoms with van der Waals surface area (Å²) in [5, 5.41) is 7.60. The zero-order valence-corrected chi connectivity index (χ0v) is 17.0. The normalized spacial score (nSPS) is 11.1. The van der Waals surface area contributed by atoms with Gasteiger partial charge in [-0.2, -0.15) is 5.10 Å². The molecular formula is C21H21ClN6O. The van der Waals surface area contributed by atoms with E-state index in [2.05, 4.69) is 25.4 Å². The highest BCUT2D eigenvalue weighted by Gasteiger charge is 2.15. The lowest BCUT2D eigenvalue weighted by molar-refractivity contribution is 0.0948. The van der Waals surface area contributed by atoms with Crippen LogP contribution in [0.25, 0.3) is 16.9 Å². The van der Waals surface area contributed by atoms with Crippen LogP contribution in [0.1, 0.15) is 34.1 Å². The van der Waals surface area contributed by atoms with Gasteiger partial charge in [-0.1, -0.05) is 23.7 Å². The Kier molecular flexibility index (Phi) is 5.31. The number of nitrogens with zero attached hydrogens (tertiary/aromatic N) is 4. The molecule has 1 aromatic carbocycles. The molecule has 4 aromatic rings. The van der Waals surface area contributed by atoms with Gasteiger partial charge in [-0.3, -0.25) is 4.79 Å². The zero-order chi connectivity index (χ0) is 20.4. The van der Waals surface area contributed by atoms with E-state index in [1.165, 1.54) is 0 Å². The molecule has 8 heteroatoms. The Balaban J connectivity index is 1.39. The number of imidazole rings is 1. The van der Waals surface area contributed by atoms with E-state index in [1.807, 2.05) is 44.2 Å². The van der Waals surface area contributed by atoms with Crippen LogP contribution >= 0.6 is 11.6 Å². The van der Waals surface area contributed by atoms with Crippen molar-refractivity contribution in [1.29, 1.82) is 0 Å². The Morgan fingerprint density at radius 2 is 2.00 bits per heavy atom. The number of halogens is 1. The van der Waals surface area contributed by atoms with E-state index in [4.69, 9.17) is 11.6 Å². The minimum absolute atomic E-state index is 0.195. The van der Waals surface area contributed by atoms with Gasteiger partial charge in [-0.25, -0.2) is 14.6 Å². The molecule has 3 aromatic heterocycles. The van der Waals surface area contributed by atoms with Crippen molar-refractivity contribution >= 4 is 28.5 Å². The molecule has 0 saturated heterocycles. The van der Waals surface area contributed by atoms with Crippen molar-refractivity contribution in [3.63, 3.8) is 0 Å². The molecule has 29 heavy (non-hydrogen) atoms. The lowest BCUT2D eigenvalue weighted by atomic mass is 10.2. The summed E-state index contributed by atoms with van der Waals surface area (Å²) in [6.45, 7) is 4.35. The van der Waals surface area contributed by atoms with Gasteiger partial charge in [0, 0.05) is 18.7 Å². The average Bonchev–Trinajstić information content (AvgIpc) is 3.27. The summed E-state index contributed by atoms with van der Waals surface area (Å²) in [4.78, 5) is 24.8. The van der Waals surface area contributed by atoms with Gasteiger partial charge in [-0.05, 0) is 50.6 Å². The maximum absolute atomic E-state index is 12.6. The summed E-state index contributed by atoms with van der Waals surface area (Å²) in [6, 6.07) is 13.3. The van der Waals surface area contributed by atoms with Crippen LogP contribution in [-0.4, -0.2) is 37.2 Å². The number of para-hydroxylation sites is 2. The first-order valence-corrected chi connectivity index (χ1v) is 9.81. The van der Waals surface area contributed by atoms with Crippen molar-refractivity contribution in [2.24, 2.45) is 0 Å². The Bertz CT molecular complexity index is 1150. The first kappa shape index (κ1) is 19.1. The summed E-state index contributed by atoms with van der Waals surface area (Å²) >= 11 is 6.21. The third-order valence-corrected chi connectivity index (χ3v) is 4.89. The minimum atomic E-state index is -0.303. The molecule has 0 bridgehead atoms. The Morgan fingerprint density at radius 3 is 2.76 bits per heavy atom. The molecular weight excluding hydrogens is 388 g/mol. The minimum Gasteiger partial charge on any atom is -0.351 e. The maximum atomic E-state index is 12.6. The van der Waals surface area contributed by atoms with E-state index in [-0.39, 0.29) is 11.6 Å². The van der Waals surface area contributed by atoms with Crippen molar-refractivity contribution in [1.82, 2.24) is 30.0 Å². The van der Waals surface area contributed by atoms with Gasteiger partial charge in [0.25, 0.3) is 5.91 Å². The molecule has 0 unspecified atom stereocenters. The summed E-state index contributed by atoms with van der Waals surface area (Å²) in [5.74, 6) is 1.17. The van der Waals surface area contributed by atoms with Crippen LogP contribution in [0, 0.1) is 13.8 Å². The van der Waals surface area contributed by atoms with Crippen molar-refractivity contribution in [2.75, 3.05) is 6.54 Å². The first-order chi connectivity index (χ1) is 14.0. The fourth-order valence-electron chi connectivity index (χ4n) is 3.24. The number of hydrogen-bond donors (Lipinski definition) is 2. The Hall–Kier alpha value is -3.19. The Labute approximate surface area is 173 Å². The number of rotatable bonds is 6. The molecule has 0 aliphatic carbocycles. The number of carbonyl (C=O) groups is 1. The van der Waals surface area contributed by atoms with Gasteiger partial charge in [-0.15, -0.1) is 0 Å². The summed E-state index contributed by atoms with van der Waals surface area (Å²) in [7, 11) is 0. The molecule has 1 amide bonds. The second-order valence-corrected chi connectivity index (χ2v) is 7.31. The predicted octanol–water partition coefficient (Wildman–Crippen LogP) is 3.78. The Morgan fingerprint density at radius 1 is 1.17 bits per heavy atom. The number of nitrogens with one attached hydrogen (secondary N) is 2. The largest absolute Gasteiger partial charge is 0.351 e. The van der Waals surface area contributed by atoms with Crippen molar-refractivity contribution < 1.29 is 4.79 Å². The van der Waals surface area contributed by atoms with E-state index >= 15 is 0 Å². The van der Waals surface area contributed by atoms with Crippen LogP contribution in [0.2, 0.25) is 5.02 Å². The first-order valence-electron chi connectivity index (χ1n) is 9.43. The molecule has 0 aliphatic heterocycles. The fourth-order valence-corrected chi connectivity index (χ4v) is 3.43. The highest BCUT2D eigenvalue weighted by atomic mass is 35.5. The molecule has 148 valence electrons. The van der Waals surface area contributed by atoms with Crippen LogP contribution < -0.4 is 5.32 Å². The van der Waals surface area contributed by atoms with E-state index in [0.29, 0.717) is 17.4 Å². The van der Waals surface area contributed by atoms with E-state index < -0.39 is 0 Å². The molecule has 7 nitrogen and oxygen atoms in total. The highest BCUT2D eigenvalue weighted by Crippen LogP contribution is 2.18. The quantitative estimate of drug-likeness (QED) is 0.475. The van der Waals surface area contributed by atoms with Crippen LogP contribution in [0.15, 0.2) is 42.5 Å². The van der Waals surface area contributed by atoms with Crippen molar-refractivity contribution in [3.8, 4) is 5.82 Å². The van der Waals surface area contributed by atoms with Gasteiger partial charge >= 0.3 is 0 Å². The molecule has 0 aliphatic rings. The second kappa shape index (κ2) is 8.05. The topological polar surface area (TPSA) is 88.5 Å². The summed E-state index contributed by atoms with van der Waals surface area (Å²) < 4.78 is 1.70. The molecule has 0 atom stereocenters. The number of hydrogen-bond acceptors (Lipinski definition) is 4. The van der Waals surface area contributed by atoms with E-state index in [0.717, 1.165) is 41.1 Å². The SMILES string of the molecule is Cc1cc(C)n(-c2ccc(Cl)c(C(=O)NCCCc3nc4ccccc4[nH]3)n2)n1. The number of H-pyrrole nitrogens is 1. The maximum Gasteiger partial charge on any atom is 0.271 e. The summed E-state index contributed by atoms with van der Waals surface area (Å²) in [5.41, 5.74) is 3.98. The molecule has 0 spiro atoms. The summed E-state index contributed by atoms with van der Waals surface area (Å²) in [6.07, 6.45) is 1.49. The van der Waals surface area contributed by atoms with Crippen molar-refractivity contribution in [3.05, 3.63) is 70.4 Å². The fraction of sp³-hybridized carbons (Fsp3) is 0.238. The lowest BCUT2D eigenvalue weighted by Crippen LogP contribution is -2.26. The standard InChI is InChI=1S/C21H21ClN6O/c1-13-12-14(2)28(27-13)19-10-9-15(22)20(26-19)21(29)23-11-5-8-18-24-16-6-3-4-7-17(16)25-18/h3-4,6-7,9-10,12H,5,8,11H2,1-2H3,(H,23,29)(H,24,25). The number of fused-ring (bicyclic) bond motifs is 1. The highest BCUT2D eigenvalue weighted by molar-refractivity contribution is 6.33. The molecule has 2 N–H and O–H groups in total. The van der Waals surface area contributed by atoms with Gasteiger partial charge in [0.2, 0.25) is 0 Å². The third kappa shape index (κ3) is 4.14. The predicted molar refractivity (Wildman–Crippen MR) is 113 cm³/mol. The molecule has 4 rings (SSSR count). The van der Waals surface area contributed by atoms with Crippen LogP contribution in [-0.2, 0) is 6.42 Å². The molecule has 0 saturated carbocycles. The third-order valence-electron chi connectivity index (χ3n) is 4.59. The molecule has 0 fully saturated rings. The van der Waals surface area contributed by atoms with Crippen molar-refractivity contribution in [2.45, 2.75) is 26.7 Å². The molecule has 3 heterocycles. The number of aromatic amines is 1. The van der Waals surface area contributed by atoms with Crippen LogP contribution in [0.4, 0.5) is 0 Å². The number of benzene rings is 1. The zero-order valence-electron chi connectivity index (χ0n) is 16.2. The van der Waals surface area contributed by atoms with Gasteiger partial charge < -0.3 is 10.3 Å². The monoisotopic (exact) mass is 408 g/mol. The van der Waals surface area contributed by atoms with E-state index in [9.17, 15) is 4.79 Å². The molecule has 0 radical (unpaired) electrons. The van der Waals surface area contributed by atoms with E-state index in [1.54, 1.807) is 16.8 Å². The average molecular weight is 409 g/mol. The van der Waals surface area contributed by atoms with Gasteiger partial charge in [0.1, 0.15) is 11.5 Å². The number of carbonyl (C=O) groups excluding carboxylic acids is 1. The second-order valence-electron chi connectivity index (χ2n) is 6.90. The lowest BCUT2D eigenvalue weighted by Gasteiger charge is -2.09. The van der Waals surface area contributed by atoms with Crippen LogP contribution in [0.5, 0.6) is 0 Å². The number of pyridine rings is 1. The number of amides is 1. The van der Waals surface area contributed by atoms with Crippen LogP contribution in [0.3, 0.4) is 0 Å².